The minimum atomic E-state index is -4.34. The van der Waals surface area contributed by atoms with E-state index < -0.39 is 11.7 Å². The zero-order chi connectivity index (χ0) is 24.8. The summed E-state index contributed by atoms with van der Waals surface area (Å²) in [4.78, 5) is 2.38. The molecule has 0 atom stereocenters. The molecule has 0 aromatic heterocycles. The summed E-state index contributed by atoms with van der Waals surface area (Å²) in [6, 6.07) is 26.9. The summed E-state index contributed by atoms with van der Waals surface area (Å²) in [5.74, 6) is 0. The van der Waals surface area contributed by atoms with Crippen molar-refractivity contribution in [3.8, 4) is 11.1 Å². The highest BCUT2D eigenvalue weighted by Crippen LogP contribution is 2.60. The van der Waals surface area contributed by atoms with E-state index in [1.807, 2.05) is 6.07 Å². The fraction of sp³-hybridized carbons (Fsp3) is 0.226. The molecule has 6 rings (SSSR count). The summed E-state index contributed by atoms with van der Waals surface area (Å²) in [5, 5.41) is 0. The molecule has 2 aliphatic heterocycles. The number of benzene rings is 4. The average molecular weight is 470 g/mol. The molecular formula is C31H26F3N. The first-order valence-corrected chi connectivity index (χ1v) is 11.9. The van der Waals surface area contributed by atoms with E-state index in [4.69, 9.17) is 0 Å². The van der Waals surface area contributed by atoms with Gasteiger partial charge in [0.1, 0.15) is 0 Å². The topological polar surface area (TPSA) is 3.24 Å². The number of halogens is 3. The third-order valence-electron chi connectivity index (χ3n) is 7.88. The Balaban J connectivity index is 1.58. The van der Waals surface area contributed by atoms with Crippen molar-refractivity contribution in [2.75, 3.05) is 4.90 Å². The van der Waals surface area contributed by atoms with Gasteiger partial charge in [0.15, 0.2) is 0 Å². The molecule has 0 aliphatic carbocycles. The Morgan fingerprint density at radius 3 is 1.77 bits per heavy atom. The molecule has 4 aromatic rings. The molecule has 0 N–H and O–H groups in total. The predicted octanol–water partition coefficient (Wildman–Crippen LogP) is 9.12. The van der Waals surface area contributed by atoms with Gasteiger partial charge in [-0.2, -0.15) is 13.2 Å². The number of fused-ring (bicyclic) bond motifs is 4. The molecule has 0 saturated carbocycles. The van der Waals surface area contributed by atoms with Gasteiger partial charge in [-0.15, -0.1) is 0 Å². The highest BCUT2D eigenvalue weighted by molar-refractivity contribution is 5.93. The second kappa shape index (κ2) is 7.00. The van der Waals surface area contributed by atoms with Crippen LogP contribution in [0.25, 0.3) is 11.1 Å². The average Bonchev–Trinajstić information content (AvgIpc) is 2.83. The molecule has 1 nitrogen and oxygen atoms in total. The maximum atomic E-state index is 13.1. The molecule has 4 aromatic carbocycles. The summed E-state index contributed by atoms with van der Waals surface area (Å²) in [7, 11) is 0. The van der Waals surface area contributed by atoms with Gasteiger partial charge in [0.25, 0.3) is 0 Å². The highest BCUT2D eigenvalue weighted by atomic mass is 19.4. The number of hydrogen-bond acceptors (Lipinski definition) is 1. The number of anilines is 3. The van der Waals surface area contributed by atoms with E-state index in [0.29, 0.717) is 0 Å². The molecule has 0 spiro atoms. The van der Waals surface area contributed by atoms with E-state index in [1.165, 1.54) is 28.1 Å². The molecule has 0 bridgehead atoms. The minimum absolute atomic E-state index is 0.133. The lowest BCUT2D eigenvalue weighted by molar-refractivity contribution is -0.137. The Bertz CT molecular complexity index is 1480. The van der Waals surface area contributed by atoms with E-state index >= 15 is 0 Å². The standard InChI is InChI=1S/C31H26F3N/c1-29(2)22-8-5-6-11-26(22)35-27-17-14-20(19-12-15-21(16-13-19)31(32,33)34)18-25(27)30(3,4)24-10-7-9-23(29)28(24)35/h5-18H,1-4H3. The number of hydrogen-bond donors (Lipinski definition) is 0. The van der Waals surface area contributed by atoms with Crippen LogP contribution in [0.3, 0.4) is 0 Å². The van der Waals surface area contributed by atoms with Crippen LogP contribution in [0.4, 0.5) is 30.2 Å². The van der Waals surface area contributed by atoms with Crippen molar-refractivity contribution in [1.29, 1.82) is 0 Å². The van der Waals surface area contributed by atoms with Gasteiger partial charge in [-0.25, -0.2) is 0 Å². The molecule has 2 heterocycles. The Kier molecular flexibility index (Phi) is 4.40. The molecule has 0 amide bonds. The first kappa shape index (κ1) is 22.0. The van der Waals surface area contributed by atoms with Crippen molar-refractivity contribution >= 4 is 17.1 Å². The molecule has 0 saturated heterocycles. The van der Waals surface area contributed by atoms with Gasteiger partial charge in [0.05, 0.1) is 22.6 Å². The second-order valence-corrected chi connectivity index (χ2v) is 10.6. The van der Waals surface area contributed by atoms with Crippen molar-refractivity contribution in [2.45, 2.75) is 44.7 Å². The lowest BCUT2D eigenvalue weighted by atomic mass is 9.66. The lowest BCUT2D eigenvalue weighted by Gasteiger charge is -2.49. The van der Waals surface area contributed by atoms with Gasteiger partial charge < -0.3 is 4.90 Å². The van der Waals surface area contributed by atoms with Crippen LogP contribution in [0.1, 0.15) is 55.5 Å². The van der Waals surface area contributed by atoms with Gasteiger partial charge >= 0.3 is 6.18 Å². The number of para-hydroxylation sites is 2. The van der Waals surface area contributed by atoms with Gasteiger partial charge in [0.2, 0.25) is 0 Å². The number of nitrogens with zero attached hydrogens (tertiary/aromatic N) is 1. The molecule has 0 fully saturated rings. The summed E-state index contributed by atoms with van der Waals surface area (Å²) >= 11 is 0. The van der Waals surface area contributed by atoms with E-state index in [2.05, 4.69) is 87.2 Å². The Morgan fingerprint density at radius 2 is 1.11 bits per heavy atom. The summed E-state index contributed by atoms with van der Waals surface area (Å²) in [6.45, 7) is 9.05. The SMILES string of the molecule is CC1(C)c2ccccc2N2c3ccc(-c4ccc(C(F)(F)F)cc4)cc3C(C)(C)c3cccc1c32. The third-order valence-corrected chi connectivity index (χ3v) is 7.88. The number of alkyl halides is 3. The molecular weight excluding hydrogens is 443 g/mol. The van der Waals surface area contributed by atoms with Crippen molar-refractivity contribution in [3.63, 3.8) is 0 Å². The summed E-state index contributed by atoms with van der Waals surface area (Å²) in [5.41, 5.74) is 9.19. The lowest BCUT2D eigenvalue weighted by Crippen LogP contribution is -2.38. The van der Waals surface area contributed by atoms with E-state index in [1.54, 1.807) is 12.1 Å². The molecule has 0 radical (unpaired) electrons. The normalized spacial score (nSPS) is 16.8. The molecule has 4 heteroatoms. The Morgan fingerprint density at radius 1 is 0.571 bits per heavy atom. The zero-order valence-corrected chi connectivity index (χ0v) is 20.2. The van der Waals surface area contributed by atoms with E-state index in [-0.39, 0.29) is 10.8 Å². The van der Waals surface area contributed by atoms with Crippen LogP contribution in [0.15, 0.2) is 84.9 Å². The van der Waals surface area contributed by atoms with Crippen LogP contribution in [0.2, 0.25) is 0 Å². The van der Waals surface area contributed by atoms with Crippen LogP contribution in [-0.2, 0) is 17.0 Å². The largest absolute Gasteiger partial charge is 0.416 e. The summed E-state index contributed by atoms with van der Waals surface area (Å²) < 4.78 is 39.2. The van der Waals surface area contributed by atoms with Crippen LogP contribution in [0.5, 0.6) is 0 Å². The van der Waals surface area contributed by atoms with Crippen molar-refractivity contribution in [2.24, 2.45) is 0 Å². The quantitative estimate of drug-likeness (QED) is 0.269. The second-order valence-electron chi connectivity index (χ2n) is 10.6. The zero-order valence-electron chi connectivity index (χ0n) is 20.2. The van der Waals surface area contributed by atoms with Crippen LogP contribution >= 0.6 is 0 Å². The van der Waals surface area contributed by atoms with Crippen LogP contribution in [0, 0.1) is 0 Å². The third kappa shape index (κ3) is 3.02. The Hall–Kier alpha value is -3.53. The first-order valence-electron chi connectivity index (χ1n) is 11.9. The fourth-order valence-electron chi connectivity index (χ4n) is 5.91. The van der Waals surface area contributed by atoms with Crippen LogP contribution in [-0.4, -0.2) is 0 Å². The molecule has 2 aliphatic rings. The van der Waals surface area contributed by atoms with E-state index in [9.17, 15) is 13.2 Å². The fourth-order valence-corrected chi connectivity index (χ4v) is 5.91. The van der Waals surface area contributed by atoms with Crippen molar-refractivity contribution in [1.82, 2.24) is 0 Å². The smallest absolute Gasteiger partial charge is 0.309 e. The first-order chi connectivity index (χ1) is 16.5. The maximum Gasteiger partial charge on any atom is 0.416 e. The van der Waals surface area contributed by atoms with Crippen LogP contribution < -0.4 is 4.90 Å². The van der Waals surface area contributed by atoms with E-state index in [0.717, 1.165) is 34.5 Å². The van der Waals surface area contributed by atoms with Gasteiger partial charge in [0, 0.05) is 10.8 Å². The molecule has 35 heavy (non-hydrogen) atoms. The highest BCUT2D eigenvalue weighted by Gasteiger charge is 2.45. The predicted molar refractivity (Wildman–Crippen MR) is 136 cm³/mol. The molecule has 0 unspecified atom stereocenters. The Labute approximate surface area is 203 Å². The van der Waals surface area contributed by atoms with Crippen molar-refractivity contribution < 1.29 is 13.2 Å². The van der Waals surface area contributed by atoms with Gasteiger partial charge in [-0.05, 0) is 63.7 Å². The molecule has 176 valence electrons. The minimum Gasteiger partial charge on any atom is -0.309 e. The monoisotopic (exact) mass is 469 g/mol. The summed E-state index contributed by atoms with van der Waals surface area (Å²) in [6.07, 6.45) is -4.34. The van der Waals surface area contributed by atoms with Gasteiger partial charge in [-0.1, -0.05) is 82.3 Å². The van der Waals surface area contributed by atoms with Gasteiger partial charge in [-0.3, -0.25) is 0 Å². The number of rotatable bonds is 1. The maximum absolute atomic E-state index is 13.1. The van der Waals surface area contributed by atoms with Crippen molar-refractivity contribution in [3.05, 3.63) is 113 Å².